The van der Waals surface area contributed by atoms with Crippen molar-refractivity contribution < 1.29 is 14.7 Å². The number of nitrogens with one attached hydrogen (secondary N) is 2. The Morgan fingerprint density at radius 1 is 1.16 bits per heavy atom. The maximum Gasteiger partial charge on any atom is 0.335 e. The molecule has 0 bridgehead atoms. The molecular formula is C19H17N3O3. The van der Waals surface area contributed by atoms with Gasteiger partial charge in [0, 0.05) is 11.9 Å². The first-order valence-corrected chi connectivity index (χ1v) is 7.57. The molecule has 0 fully saturated rings. The van der Waals surface area contributed by atoms with Crippen molar-refractivity contribution in [3.63, 3.8) is 0 Å². The van der Waals surface area contributed by atoms with Crippen LogP contribution >= 0.6 is 0 Å². The molecule has 0 aromatic heterocycles. The van der Waals surface area contributed by atoms with E-state index in [4.69, 9.17) is 5.11 Å². The first-order chi connectivity index (χ1) is 12.0. The van der Waals surface area contributed by atoms with Crippen molar-refractivity contribution in [1.29, 1.82) is 5.26 Å². The zero-order chi connectivity index (χ0) is 18.2. The van der Waals surface area contributed by atoms with Gasteiger partial charge >= 0.3 is 5.97 Å². The van der Waals surface area contributed by atoms with Crippen molar-refractivity contribution in [2.45, 2.75) is 13.0 Å². The van der Waals surface area contributed by atoms with Crippen molar-refractivity contribution in [1.82, 2.24) is 5.32 Å². The van der Waals surface area contributed by atoms with E-state index in [1.165, 1.54) is 18.3 Å². The molecule has 3 N–H and O–H groups in total. The van der Waals surface area contributed by atoms with Crippen LogP contribution in [-0.2, 0) is 4.79 Å². The maximum absolute atomic E-state index is 12.2. The Hall–Kier alpha value is -3.59. The van der Waals surface area contributed by atoms with Gasteiger partial charge in [0.25, 0.3) is 5.91 Å². The lowest BCUT2D eigenvalue weighted by molar-refractivity contribution is -0.117. The molecule has 2 rings (SSSR count). The van der Waals surface area contributed by atoms with E-state index in [0.29, 0.717) is 5.69 Å². The fourth-order valence-electron chi connectivity index (χ4n) is 2.15. The number of carbonyl (C=O) groups is 2. The molecule has 0 aliphatic rings. The molecule has 0 spiro atoms. The monoisotopic (exact) mass is 335 g/mol. The molecule has 0 saturated carbocycles. The van der Waals surface area contributed by atoms with Crippen LogP contribution in [0.2, 0.25) is 0 Å². The normalized spacial score (nSPS) is 11.9. The average Bonchev–Trinajstić information content (AvgIpc) is 2.63. The molecule has 0 aliphatic heterocycles. The molecule has 6 nitrogen and oxygen atoms in total. The van der Waals surface area contributed by atoms with Crippen molar-refractivity contribution >= 4 is 17.6 Å². The van der Waals surface area contributed by atoms with Crippen LogP contribution in [0.5, 0.6) is 0 Å². The molecule has 25 heavy (non-hydrogen) atoms. The Balaban J connectivity index is 2.07. The van der Waals surface area contributed by atoms with E-state index in [9.17, 15) is 14.9 Å². The summed E-state index contributed by atoms with van der Waals surface area (Å²) in [6.07, 6.45) is 1.26. The summed E-state index contributed by atoms with van der Waals surface area (Å²) in [4.78, 5) is 23.2. The number of benzene rings is 2. The van der Waals surface area contributed by atoms with Gasteiger partial charge in [0.2, 0.25) is 0 Å². The Morgan fingerprint density at radius 3 is 2.52 bits per heavy atom. The van der Waals surface area contributed by atoms with Gasteiger partial charge in [0.1, 0.15) is 11.6 Å². The van der Waals surface area contributed by atoms with E-state index in [1.54, 1.807) is 12.1 Å². The standard InChI is InChI=1S/C19H17N3O3/c1-13(14-6-3-2-4-7-14)22-18(23)16(11-20)12-21-17-9-5-8-15(10-17)19(24)25/h2-10,12-13,21H,1H3,(H,22,23)(H,24,25)/b16-12-. The lowest BCUT2D eigenvalue weighted by atomic mass is 10.1. The highest BCUT2D eigenvalue weighted by atomic mass is 16.4. The number of carboxylic acid groups (broad SMARTS) is 1. The van der Waals surface area contributed by atoms with Gasteiger partial charge in [-0.2, -0.15) is 5.26 Å². The summed E-state index contributed by atoms with van der Waals surface area (Å²) in [5.74, 6) is -1.57. The smallest absolute Gasteiger partial charge is 0.335 e. The number of hydrogen-bond acceptors (Lipinski definition) is 4. The summed E-state index contributed by atoms with van der Waals surface area (Å²) in [5, 5.41) is 23.7. The van der Waals surface area contributed by atoms with Gasteiger partial charge in [-0.3, -0.25) is 4.79 Å². The molecule has 0 saturated heterocycles. The number of aromatic carboxylic acids is 1. The number of carbonyl (C=O) groups excluding carboxylic acids is 1. The van der Waals surface area contributed by atoms with Gasteiger partial charge in [-0.15, -0.1) is 0 Å². The second-order valence-electron chi connectivity index (χ2n) is 5.31. The van der Waals surface area contributed by atoms with Crippen molar-refractivity contribution in [3.8, 4) is 6.07 Å². The summed E-state index contributed by atoms with van der Waals surface area (Å²) in [5.41, 5.74) is 1.40. The molecule has 0 aliphatic carbocycles. The molecule has 2 aromatic carbocycles. The van der Waals surface area contributed by atoms with E-state index in [-0.39, 0.29) is 17.2 Å². The summed E-state index contributed by atoms with van der Waals surface area (Å²) >= 11 is 0. The minimum atomic E-state index is -1.05. The third-order valence-corrected chi connectivity index (χ3v) is 3.50. The fraction of sp³-hybridized carbons (Fsp3) is 0.105. The number of amides is 1. The van der Waals surface area contributed by atoms with Crippen LogP contribution in [0.15, 0.2) is 66.4 Å². The Bertz CT molecular complexity index is 838. The average molecular weight is 335 g/mol. The first kappa shape index (κ1) is 17.8. The van der Waals surface area contributed by atoms with Crippen LogP contribution in [0, 0.1) is 11.3 Å². The zero-order valence-electron chi connectivity index (χ0n) is 13.6. The largest absolute Gasteiger partial charge is 0.478 e. The molecule has 0 radical (unpaired) electrons. The van der Waals surface area contributed by atoms with Crippen molar-refractivity contribution in [3.05, 3.63) is 77.5 Å². The lowest BCUT2D eigenvalue weighted by Crippen LogP contribution is -2.28. The van der Waals surface area contributed by atoms with Gasteiger partial charge in [-0.05, 0) is 30.7 Å². The third kappa shape index (κ3) is 4.94. The number of rotatable bonds is 6. The van der Waals surface area contributed by atoms with Crippen molar-refractivity contribution in [2.24, 2.45) is 0 Å². The van der Waals surface area contributed by atoms with Crippen LogP contribution in [0.1, 0.15) is 28.9 Å². The summed E-state index contributed by atoms with van der Waals surface area (Å²) < 4.78 is 0. The Morgan fingerprint density at radius 2 is 1.88 bits per heavy atom. The highest BCUT2D eigenvalue weighted by molar-refractivity contribution is 5.97. The van der Waals surface area contributed by atoms with Gasteiger partial charge < -0.3 is 15.7 Å². The molecule has 1 atom stereocenters. The molecule has 2 aromatic rings. The minimum absolute atomic E-state index is 0.108. The molecule has 0 heterocycles. The quantitative estimate of drug-likeness (QED) is 0.556. The molecule has 1 amide bonds. The summed E-state index contributed by atoms with van der Waals surface area (Å²) in [6.45, 7) is 1.83. The van der Waals surface area contributed by atoms with Crippen LogP contribution in [0.3, 0.4) is 0 Å². The van der Waals surface area contributed by atoms with E-state index in [0.717, 1.165) is 5.56 Å². The van der Waals surface area contributed by atoms with Crippen molar-refractivity contribution in [2.75, 3.05) is 5.32 Å². The number of nitriles is 1. The Labute approximate surface area is 145 Å². The van der Waals surface area contributed by atoms with Gasteiger partial charge in [0.05, 0.1) is 11.6 Å². The first-order valence-electron chi connectivity index (χ1n) is 7.57. The van der Waals surface area contributed by atoms with Gasteiger partial charge in [-0.25, -0.2) is 4.79 Å². The SMILES string of the molecule is CC(NC(=O)/C(C#N)=C\Nc1cccc(C(=O)O)c1)c1ccccc1. The molecule has 126 valence electrons. The lowest BCUT2D eigenvalue weighted by Gasteiger charge is -2.13. The van der Waals surface area contributed by atoms with Gasteiger partial charge in [-0.1, -0.05) is 36.4 Å². The fourth-order valence-corrected chi connectivity index (χ4v) is 2.15. The summed E-state index contributed by atoms with van der Waals surface area (Å²) in [6, 6.07) is 17.1. The van der Waals surface area contributed by atoms with E-state index in [1.807, 2.05) is 43.3 Å². The summed E-state index contributed by atoms with van der Waals surface area (Å²) in [7, 11) is 0. The van der Waals surface area contributed by atoms with Crippen LogP contribution in [-0.4, -0.2) is 17.0 Å². The van der Waals surface area contributed by atoms with E-state index in [2.05, 4.69) is 10.6 Å². The number of hydrogen-bond donors (Lipinski definition) is 3. The molecular weight excluding hydrogens is 318 g/mol. The second-order valence-corrected chi connectivity index (χ2v) is 5.31. The molecule has 1 unspecified atom stereocenters. The van der Waals surface area contributed by atoms with Crippen LogP contribution < -0.4 is 10.6 Å². The third-order valence-electron chi connectivity index (χ3n) is 3.50. The highest BCUT2D eigenvalue weighted by Gasteiger charge is 2.13. The second kappa shape index (κ2) is 8.31. The van der Waals surface area contributed by atoms with E-state index >= 15 is 0 Å². The van der Waals surface area contributed by atoms with E-state index < -0.39 is 11.9 Å². The minimum Gasteiger partial charge on any atom is -0.478 e. The number of nitrogens with zero attached hydrogens (tertiary/aromatic N) is 1. The Kier molecular flexibility index (Phi) is 5.91. The maximum atomic E-state index is 12.2. The molecule has 6 heteroatoms. The predicted octanol–water partition coefficient (Wildman–Crippen LogP) is 3.08. The van der Waals surface area contributed by atoms with Crippen LogP contribution in [0.25, 0.3) is 0 Å². The highest BCUT2D eigenvalue weighted by Crippen LogP contribution is 2.13. The number of anilines is 1. The van der Waals surface area contributed by atoms with Crippen LogP contribution in [0.4, 0.5) is 5.69 Å². The number of carboxylic acids is 1. The van der Waals surface area contributed by atoms with Gasteiger partial charge in [0.15, 0.2) is 0 Å². The predicted molar refractivity (Wildman–Crippen MR) is 93.7 cm³/mol. The zero-order valence-corrected chi connectivity index (χ0v) is 13.6. The topological polar surface area (TPSA) is 102 Å².